The van der Waals surface area contributed by atoms with Gasteiger partial charge in [-0.3, -0.25) is 9.59 Å². The number of esters is 1. The first kappa shape index (κ1) is 57.9. The van der Waals surface area contributed by atoms with Crippen LogP contribution in [0.25, 0.3) is 0 Å². The van der Waals surface area contributed by atoms with Gasteiger partial charge in [0.05, 0.1) is 25.4 Å². The lowest BCUT2D eigenvalue weighted by Crippen LogP contribution is -2.45. The van der Waals surface area contributed by atoms with Crippen LogP contribution in [0.5, 0.6) is 0 Å². The van der Waals surface area contributed by atoms with Crippen LogP contribution in [0, 0.1) is 0 Å². The van der Waals surface area contributed by atoms with E-state index < -0.39 is 12.1 Å². The predicted molar refractivity (Wildman–Crippen MR) is 255 cm³/mol. The molecule has 352 valence electrons. The van der Waals surface area contributed by atoms with Crippen LogP contribution in [-0.4, -0.2) is 47.4 Å². The monoisotopic (exact) mass is 836 g/mol. The molecule has 0 bridgehead atoms. The minimum atomic E-state index is -0.677. The van der Waals surface area contributed by atoms with E-state index in [1.807, 2.05) is 0 Å². The molecule has 0 rings (SSSR count). The van der Waals surface area contributed by atoms with Crippen LogP contribution < -0.4 is 5.32 Å². The third-order valence-electron chi connectivity index (χ3n) is 12.7. The zero-order valence-electron chi connectivity index (χ0n) is 40.0. The van der Waals surface area contributed by atoms with E-state index in [4.69, 9.17) is 4.74 Å². The quantitative estimate of drug-likeness (QED) is 0.0419. The van der Waals surface area contributed by atoms with Gasteiger partial charge in [-0.1, -0.05) is 264 Å². The summed E-state index contributed by atoms with van der Waals surface area (Å²) < 4.78 is 5.47. The second kappa shape index (κ2) is 49.5. The molecule has 0 fully saturated rings. The van der Waals surface area contributed by atoms with Crippen LogP contribution in [0.4, 0.5) is 0 Å². The van der Waals surface area contributed by atoms with Crippen molar-refractivity contribution in [2.75, 3.05) is 13.2 Å². The van der Waals surface area contributed by atoms with Gasteiger partial charge in [0.25, 0.3) is 0 Å². The van der Waals surface area contributed by atoms with Crippen molar-refractivity contribution in [1.82, 2.24) is 5.32 Å². The first-order valence-corrected chi connectivity index (χ1v) is 26.8. The van der Waals surface area contributed by atoms with Crippen LogP contribution in [0.3, 0.4) is 0 Å². The highest BCUT2D eigenvalue weighted by Crippen LogP contribution is 2.17. The van der Waals surface area contributed by atoms with Crippen molar-refractivity contribution in [3.05, 3.63) is 0 Å². The summed E-state index contributed by atoms with van der Waals surface area (Å²) in [4.78, 5) is 24.5. The van der Waals surface area contributed by atoms with Gasteiger partial charge in [0.1, 0.15) is 0 Å². The number of aliphatic hydroxyl groups is 2. The highest BCUT2D eigenvalue weighted by molar-refractivity contribution is 5.76. The highest BCUT2D eigenvalue weighted by atomic mass is 16.5. The number of hydrogen-bond donors (Lipinski definition) is 3. The van der Waals surface area contributed by atoms with Gasteiger partial charge in [0.2, 0.25) is 5.91 Å². The van der Waals surface area contributed by atoms with Crippen LogP contribution >= 0.6 is 0 Å². The number of aliphatic hydroxyl groups excluding tert-OH is 2. The Morgan fingerprint density at radius 2 is 0.695 bits per heavy atom. The molecule has 0 aliphatic rings. The molecule has 0 aromatic rings. The first-order valence-electron chi connectivity index (χ1n) is 26.8. The molecule has 0 aromatic carbocycles. The number of unbranched alkanes of at least 4 members (excludes halogenated alkanes) is 39. The fourth-order valence-corrected chi connectivity index (χ4v) is 8.52. The molecule has 2 atom stereocenters. The molecule has 0 spiro atoms. The van der Waals surface area contributed by atoms with Crippen molar-refractivity contribution in [2.45, 2.75) is 315 Å². The van der Waals surface area contributed by atoms with Crippen molar-refractivity contribution in [1.29, 1.82) is 0 Å². The second-order valence-corrected chi connectivity index (χ2v) is 18.6. The maximum atomic E-state index is 12.4. The van der Waals surface area contributed by atoms with Crippen LogP contribution in [0.2, 0.25) is 0 Å². The number of rotatable bonds is 50. The van der Waals surface area contributed by atoms with Crippen molar-refractivity contribution >= 4 is 11.9 Å². The largest absolute Gasteiger partial charge is 0.466 e. The number of nitrogens with one attached hydrogen (secondary N) is 1. The molecule has 0 heterocycles. The summed E-state index contributed by atoms with van der Waals surface area (Å²) >= 11 is 0. The van der Waals surface area contributed by atoms with Gasteiger partial charge in [-0.15, -0.1) is 0 Å². The Balaban J connectivity index is 3.44. The lowest BCUT2D eigenvalue weighted by molar-refractivity contribution is -0.143. The Morgan fingerprint density at radius 1 is 0.407 bits per heavy atom. The number of ether oxygens (including phenoxy) is 1. The van der Waals surface area contributed by atoms with Gasteiger partial charge in [-0.25, -0.2) is 0 Å². The van der Waals surface area contributed by atoms with Crippen molar-refractivity contribution in [3.8, 4) is 0 Å². The van der Waals surface area contributed by atoms with Gasteiger partial charge in [0.15, 0.2) is 0 Å². The molecule has 59 heavy (non-hydrogen) atoms. The Morgan fingerprint density at radius 3 is 1.03 bits per heavy atom. The zero-order valence-corrected chi connectivity index (χ0v) is 40.0. The average Bonchev–Trinajstić information content (AvgIpc) is 3.24. The van der Waals surface area contributed by atoms with E-state index in [2.05, 4.69) is 19.2 Å². The minimum Gasteiger partial charge on any atom is -0.466 e. The SMILES string of the molecule is CCCCCCCCCCCCCCCCCCCC(=O)OCCCCCCCCCCCCC(=O)NC(CO)C(O)CCCCCCCCCCCCCCCCC. The summed E-state index contributed by atoms with van der Waals surface area (Å²) in [7, 11) is 0. The molecule has 2 unspecified atom stereocenters. The maximum Gasteiger partial charge on any atom is 0.305 e. The predicted octanol–water partition coefficient (Wildman–Crippen LogP) is 16.0. The Bertz CT molecular complexity index is 837. The van der Waals surface area contributed by atoms with E-state index in [0.29, 0.717) is 25.9 Å². The van der Waals surface area contributed by atoms with E-state index in [-0.39, 0.29) is 18.5 Å². The third-order valence-corrected chi connectivity index (χ3v) is 12.7. The van der Waals surface area contributed by atoms with Crippen LogP contribution in [0.15, 0.2) is 0 Å². The van der Waals surface area contributed by atoms with Crippen LogP contribution in [0.1, 0.15) is 303 Å². The lowest BCUT2D eigenvalue weighted by Gasteiger charge is -2.22. The fourth-order valence-electron chi connectivity index (χ4n) is 8.52. The van der Waals surface area contributed by atoms with Gasteiger partial charge < -0.3 is 20.3 Å². The van der Waals surface area contributed by atoms with E-state index in [9.17, 15) is 19.8 Å². The normalized spacial score (nSPS) is 12.5. The van der Waals surface area contributed by atoms with Crippen molar-refractivity contribution in [2.24, 2.45) is 0 Å². The summed E-state index contributed by atoms with van der Waals surface area (Å²) in [5.41, 5.74) is 0. The van der Waals surface area contributed by atoms with Gasteiger partial charge in [0, 0.05) is 12.8 Å². The molecule has 6 nitrogen and oxygen atoms in total. The van der Waals surface area contributed by atoms with Crippen molar-refractivity contribution in [3.63, 3.8) is 0 Å². The summed E-state index contributed by atoms with van der Waals surface area (Å²) in [6.45, 7) is 4.92. The highest BCUT2D eigenvalue weighted by Gasteiger charge is 2.20. The Hall–Kier alpha value is -1.14. The van der Waals surface area contributed by atoms with E-state index in [1.54, 1.807) is 0 Å². The standard InChI is InChI=1S/C53H105NO5/c1-3-5-7-9-11-13-15-17-19-20-22-24-26-31-35-39-43-47-53(58)59-48-44-40-36-32-28-27-30-34-38-42-46-52(57)54-50(49-55)51(56)45-41-37-33-29-25-23-21-18-16-14-12-10-8-6-4-2/h50-51,55-56H,3-49H2,1-2H3,(H,54,57). The lowest BCUT2D eigenvalue weighted by atomic mass is 10.0. The van der Waals surface area contributed by atoms with E-state index in [0.717, 1.165) is 57.8 Å². The molecule has 0 aliphatic heterocycles. The summed E-state index contributed by atoms with van der Waals surface area (Å²) in [5.74, 6) is -0.0690. The molecule has 0 aliphatic carbocycles. The topological polar surface area (TPSA) is 95.9 Å². The Kier molecular flexibility index (Phi) is 48.6. The molecule has 1 amide bonds. The summed E-state index contributed by atoms with van der Waals surface area (Å²) in [5, 5.41) is 23.2. The molecule has 0 saturated heterocycles. The smallest absolute Gasteiger partial charge is 0.305 e. The fraction of sp³-hybridized carbons (Fsp3) is 0.962. The summed E-state index contributed by atoms with van der Waals surface area (Å²) in [6.07, 6.45) is 55.0. The number of hydrogen-bond acceptors (Lipinski definition) is 5. The van der Waals surface area contributed by atoms with Crippen molar-refractivity contribution < 1.29 is 24.5 Å². The molecule has 0 radical (unpaired) electrons. The average molecular weight is 836 g/mol. The number of amides is 1. The molecule has 3 N–H and O–H groups in total. The van der Waals surface area contributed by atoms with Gasteiger partial charge >= 0.3 is 5.97 Å². The number of carbonyl (C=O) groups is 2. The summed E-state index contributed by atoms with van der Waals surface area (Å²) in [6, 6.07) is -0.556. The molecule has 0 saturated carbocycles. The first-order chi connectivity index (χ1) is 29.0. The maximum absolute atomic E-state index is 12.4. The van der Waals surface area contributed by atoms with E-state index in [1.165, 1.54) is 212 Å². The molecule has 6 heteroatoms. The second-order valence-electron chi connectivity index (χ2n) is 18.6. The third kappa shape index (κ3) is 46.2. The van der Waals surface area contributed by atoms with Gasteiger partial charge in [-0.05, 0) is 25.7 Å². The minimum absolute atomic E-state index is 0.0141. The molecule has 0 aromatic heterocycles. The molecular formula is C53H105NO5. The molecular weight excluding hydrogens is 731 g/mol. The van der Waals surface area contributed by atoms with Crippen LogP contribution in [-0.2, 0) is 14.3 Å². The van der Waals surface area contributed by atoms with Gasteiger partial charge in [-0.2, -0.15) is 0 Å². The zero-order chi connectivity index (χ0) is 43.0. The number of carbonyl (C=O) groups excluding carboxylic acids is 2. The van der Waals surface area contributed by atoms with E-state index >= 15 is 0 Å². The Labute approximate surface area is 368 Å².